The van der Waals surface area contributed by atoms with Crippen molar-refractivity contribution in [1.29, 1.82) is 0 Å². The normalized spacial score (nSPS) is 12.7. The molecule has 1 heterocycles. The highest BCUT2D eigenvalue weighted by Crippen LogP contribution is 2.33. The SMILES string of the molecule is Fc1ccc(CC(Cl)c2ccc(Br)s2)cc1. The minimum atomic E-state index is -0.214. The Hall–Kier alpha value is -0.380. The first-order valence-electron chi connectivity index (χ1n) is 4.79. The van der Waals surface area contributed by atoms with E-state index in [9.17, 15) is 4.39 Å². The summed E-state index contributed by atoms with van der Waals surface area (Å²) in [5.41, 5.74) is 1.05. The van der Waals surface area contributed by atoms with Gasteiger partial charge < -0.3 is 0 Å². The molecule has 0 N–H and O–H groups in total. The van der Waals surface area contributed by atoms with E-state index in [1.807, 2.05) is 12.1 Å². The maximum atomic E-state index is 12.7. The fraction of sp³-hybridized carbons (Fsp3) is 0.167. The number of alkyl halides is 1. The number of benzene rings is 1. The summed E-state index contributed by atoms with van der Waals surface area (Å²) < 4.78 is 13.8. The van der Waals surface area contributed by atoms with Gasteiger partial charge in [0.15, 0.2) is 0 Å². The Bertz CT molecular complexity index is 466. The van der Waals surface area contributed by atoms with Crippen LogP contribution < -0.4 is 0 Å². The smallest absolute Gasteiger partial charge is 0.123 e. The molecule has 0 aliphatic heterocycles. The molecule has 0 saturated heterocycles. The van der Waals surface area contributed by atoms with Gasteiger partial charge in [-0.25, -0.2) is 4.39 Å². The van der Waals surface area contributed by atoms with Crippen LogP contribution in [0.5, 0.6) is 0 Å². The molecule has 0 aliphatic rings. The zero-order valence-corrected chi connectivity index (χ0v) is 11.4. The first kappa shape index (κ1) is 12.1. The number of thiophene rings is 1. The third-order valence-electron chi connectivity index (χ3n) is 2.23. The number of halogens is 3. The molecule has 0 nitrogen and oxygen atoms in total. The van der Waals surface area contributed by atoms with Crippen molar-refractivity contribution in [3.8, 4) is 0 Å². The lowest BCUT2D eigenvalue weighted by atomic mass is 10.1. The molecule has 0 bridgehead atoms. The molecule has 0 aliphatic carbocycles. The van der Waals surface area contributed by atoms with Gasteiger partial charge in [-0.3, -0.25) is 0 Å². The van der Waals surface area contributed by atoms with Gasteiger partial charge in [-0.15, -0.1) is 22.9 Å². The Kier molecular flexibility index (Phi) is 4.00. The van der Waals surface area contributed by atoms with Crippen molar-refractivity contribution < 1.29 is 4.39 Å². The van der Waals surface area contributed by atoms with E-state index in [4.69, 9.17) is 11.6 Å². The molecule has 0 radical (unpaired) electrons. The average Bonchev–Trinajstić information content (AvgIpc) is 2.68. The van der Waals surface area contributed by atoms with Crippen LogP contribution in [0.25, 0.3) is 0 Å². The second-order valence-corrected chi connectivity index (χ2v) is 6.46. The van der Waals surface area contributed by atoms with Crippen molar-refractivity contribution in [3.63, 3.8) is 0 Å². The van der Waals surface area contributed by atoms with Crippen molar-refractivity contribution in [2.45, 2.75) is 11.8 Å². The maximum absolute atomic E-state index is 12.7. The van der Waals surface area contributed by atoms with Crippen LogP contribution in [0.4, 0.5) is 4.39 Å². The van der Waals surface area contributed by atoms with Crippen LogP contribution in [0.3, 0.4) is 0 Å². The Morgan fingerprint density at radius 1 is 1.19 bits per heavy atom. The molecule has 1 unspecified atom stereocenters. The zero-order chi connectivity index (χ0) is 11.5. The van der Waals surface area contributed by atoms with Crippen molar-refractivity contribution in [2.24, 2.45) is 0 Å². The summed E-state index contributed by atoms with van der Waals surface area (Å²) in [6, 6.07) is 10.5. The minimum absolute atomic E-state index is 0.0539. The summed E-state index contributed by atoms with van der Waals surface area (Å²) in [6.45, 7) is 0. The molecular formula is C12H9BrClFS. The summed E-state index contributed by atoms with van der Waals surface area (Å²) in [7, 11) is 0. The fourth-order valence-corrected chi connectivity index (χ4v) is 3.21. The third kappa shape index (κ3) is 3.06. The van der Waals surface area contributed by atoms with E-state index in [-0.39, 0.29) is 11.2 Å². The zero-order valence-electron chi connectivity index (χ0n) is 8.29. The van der Waals surface area contributed by atoms with E-state index in [0.717, 1.165) is 20.6 Å². The molecule has 4 heteroatoms. The van der Waals surface area contributed by atoms with Gasteiger partial charge in [-0.2, -0.15) is 0 Å². The van der Waals surface area contributed by atoms with Gasteiger partial charge in [0.25, 0.3) is 0 Å². The van der Waals surface area contributed by atoms with Crippen LogP contribution in [0, 0.1) is 5.82 Å². The van der Waals surface area contributed by atoms with Gasteiger partial charge in [0.05, 0.1) is 9.16 Å². The van der Waals surface area contributed by atoms with Crippen LogP contribution in [-0.4, -0.2) is 0 Å². The predicted molar refractivity (Wildman–Crippen MR) is 70.7 cm³/mol. The lowest BCUT2D eigenvalue weighted by molar-refractivity contribution is 0.627. The largest absolute Gasteiger partial charge is 0.207 e. The van der Waals surface area contributed by atoms with E-state index in [2.05, 4.69) is 15.9 Å². The van der Waals surface area contributed by atoms with Crippen LogP contribution in [0.15, 0.2) is 40.2 Å². The second-order valence-electron chi connectivity index (χ2n) is 3.44. The van der Waals surface area contributed by atoms with Gasteiger partial charge >= 0.3 is 0 Å². The van der Waals surface area contributed by atoms with Gasteiger partial charge in [0.1, 0.15) is 5.82 Å². The second kappa shape index (κ2) is 5.30. The molecule has 1 aromatic carbocycles. The van der Waals surface area contributed by atoms with Crippen LogP contribution in [0.1, 0.15) is 15.8 Å². The molecule has 84 valence electrons. The molecule has 16 heavy (non-hydrogen) atoms. The lowest BCUT2D eigenvalue weighted by Gasteiger charge is -2.06. The Morgan fingerprint density at radius 3 is 2.44 bits per heavy atom. The molecule has 0 amide bonds. The molecule has 1 atom stereocenters. The van der Waals surface area contributed by atoms with Crippen molar-refractivity contribution >= 4 is 38.9 Å². The number of hydrogen-bond acceptors (Lipinski definition) is 1. The summed E-state index contributed by atoms with van der Waals surface area (Å²) in [4.78, 5) is 1.12. The van der Waals surface area contributed by atoms with Gasteiger partial charge in [0.2, 0.25) is 0 Å². The fourth-order valence-electron chi connectivity index (χ4n) is 1.42. The topological polar surface area (TPSA) is 0 Å². The number of rotatable bonds is 3. The highest BCUT2D eigenvalue weighted by atomic mass is 79.9. The summed E-state index contributed by atoms with van der Waals surface area (Å²) in [5.74, 6) is -0.214. The molecule has 2 rings (SSSR count). The quantitative estimate of drug-likeness (QED) is 0.684. The summed E-state index contributed by atoms with van der Waals surface area (Å²) >= 11 is 11.3. The van der Waals surface area contributed by atoms with Gasteiger partial charge in [0, 0.05) is 4.88 Å². The number of hydrogen-bond donors (Lipinski definition) is 0. The van der Waals surface area contributed by atoms with Crippen molar-refractivity contribution in [3.05, 3.63) is 56.4 Å². The first-order chi connectivity index (χ1) is 7.65. The third-order valence-corrected chi connectivity index (χ3v) is 4.49. The standard InChI is InChI=1S/C12H9BrClFS/c13-12-6-5-11(16-12)10(14)7-8-1-3-9(15)4-2-8/h1-6,10H,7H2. The average molecular weight is 320 g/mol. The maximum Gasteiger partial charge on any atom is 0.123 e. The molecule has 0 spiro atoms. The summed E-state index contributed by atoms with van der Waals surface area (Å²) in [5, 5.41) is -0.0539. The molecule has 1 aromatic heterocycles. The van der Waals surface area contributed by atoms with E-state index in [0.29, 0.717) is 0 Å². The Labute approximate surface area is 111 Å². The highest BCUT2D eigenvalue weighted by Gasteiger charge is 2.11. The van der Waals surface area contributed by atoms with Crippen LogP contribution in [0.2, 0.25) is 0 Å². The van der Waals surface area contributed by atoms with E-state index in [1.54, 1.807) is 23.5 Å². The highest BCUT2D eigenvalue weighted by molar-refractivity contribution is 9.11. The molecule has 0 saturated carbocycles. The van der Waals surface area contributed by atoms with Gasteiger partial charge in [-0.1, -0.05) is 12.1 Å². The Morgan fingerprint density at radius 2 is 1.88 bits per heavy atom. The van der Waals surface area contributed by atoms with E-state index in [1.165, 1.54) is 12.1 Å². The first-order valence-corrected chi connectivity index (χ1v) is 6.83. The van der Waals surface area contributed by atoms with E-state index >= 15 is 0 Å². The molecular weight excluding hydrogens is 311 g/mol. The van der Waals surface area contributed by atoms with Crippen LogP contribution >= 0.6 is 38.9 Å². The lowest BCUT2D eigenvalue weighted by Crippen LogP contribution is -1.93. The monoisotopic (exact) mass is 318 g/mol. The predicted octanol–water partition coefficient (Wildman–Crippen LogP) is 5.17. The van der Waals surface area contributed by atoms with Crippen LogP contribution in [-0.2, 0) is 6.42 Å². The van der Waals surface area contributed by atoms with Gasteiger partial charge in [-0.05, 0) is 52.2 Å². The molecule has 0 fully saturated rings. The summed E-state index contributed by atoms with van der Waals surface area (Å²) in [6.07, 6.45) is 0.717. The van der Waals surface area contributed by atoms with E-state index < -0.39 is 0 Å². The minimum Gasteiger partial charge on any atom is -0.207 e. The Balaban J connectivity index is 2.07. The van der Waals surface area contributed by atoms with Crippen molar-refractivity contribution in [1.82, 2.24) is 0 Å². The van der Waals surface area contributed by atoms with Crippen molar-refractivity contribution in [2.75, 3.05) is 0 Å². The molecule has 2 aromatic rings.